The van der Waals surface area contributed by atoms with Crippen LogP contribution in [0, 0.1) is 6.92 Å². The van der Waals surface area contributed by atoms with E-state index in [4.69, 9.17) is 21.1 Å². The second-order valence-electron chi connectivity index (χ2n) is 7.42. The summed E-state index contributed by atoms with van der Waals surface area (Å²) >= 11 is 6.21. The third-order valence-electron chi connectivity index (χ3n) is 5.51. The Labute approximate surface area is 195 Å². The first kappa shape index (κ1) is 22.4. The molecule has 2 aromatic carbocycles. The molecule has 1 saturated heterocycles. The van der Waals surface area contributed by atoms with Gasteiger partial charge in [-0.1, -0.05) is 23.7 Å². The number of amides is 1. The number of benzene rings is 2. The van der Waals surface area contributed by atoms with Crippen molar-refractivity contribution in [2.24, 2.45) is 0 Å². The highest BCUT2D eigenvalue weighted by Gasteiger charge is 2.48. The van der Waals surface area contributed by atoms with Gasteiger partial charge in [-0.25, -0.2) is 0 Å². The highest BCUT2D eigenvalue weighted by molar-refractivity contribution is 6.52. The van der Waals surface area contributed by atoms with E-state index >= 15 is 0 Å². The number of hydrogen-bond donors (Lipinski definition) is 1. The van der Waals surface area contributed by atoms with E-state index < -0.39 is 17.7 Å². The van der Waals surface area contributed by atoms with E-state index in [0.717, 1.165) is 5.56 Å². The van der Waals surface area contributed by atoms with Crippen LogP contribution in [0.15, 0.2) is 66.4 Å². The van der Waals surface area contributed by atoms with Gasteiger partial charge in [0.05, 0.1) is 31.1 Å². The number of nitrogens with zero attached hydrogens (tertiary/aromatic N) is 2. The van der Waals surface area contributed by atoms with E-state index in [2.05, 4.69) is 4.98 Å². The fraction of sp³-hybridized carbons (Fsp3) is 0.160. The number of aliphatic hydroxyl groups is 1. The maximum absolute atomic E-state index is 13.3. The summed E-state index contributed by atoms with van der Waals surface area (Å²) in [6.45, 7) is 1.81. The molecule has 1 aliphatic rings. The Balaban J connectivity index is 1.98. The number of ketones is 1. The van der Waals surface area contributed by atoms with Crippen molar-refractivity contribution < 1.29 is 24.2 Å². The first-order valence-electron chi connectivity index (χ1n) is 10.1. The van der Waals surface area contributed by atoms with Crippen molar-refractivity contribution >= 4 is 34.7 Å². The van der Waals surface area contributed by atoms with Gasteiger partial charge in [0.25, 0.3) is 11.7 Å². The Hall–Kier alpha value is -3.84. The minimum Gasteiger partial charge on any atom is -0.507 e. The van der Waals surface area contributed by atoms with Gasteiger partial charge in [0.2, 0.25) is 0 Å². The van der Waals surface area contributed by atoms with E-state index in [-0.39, 0.29) is 22.6 Å². The van der Waals surface area contributed by atoms with Crippen molar-refractivity contribution in [1.82, 2.24) is 4.98 Å². The van der Waals surface area contributed by atoms with Crippen molar-refractivity contribution in [3.63, 3.8) is 0 Å². The summed E-state index contributed by atoms with van der Waals surface area (Å²) in [5.74, 6) is -1.19. The number of ether oxygens (including phenoxy) is 2. The molecule has 168 valence electrons. The molecule has 7 nitrogen and oxygen atoms in total. The molecular weight excluding hydrogens is 444 g/mol. The molecule has 33 heavy (non-hydrogen) atoms. The number of Topliss-reactive ketones (excluding diaryl/α,β-unsaturated/α-hetero) is 1. The number of carbonyl (C=O) groups is 2. The summed E-state index contributed by atoms with van der Waals surface area (Å²) in [4.78, 5) is 32.2. The van der Waals surface area contributed by atoms with E-state index in [0.29, 0.717) is 22.2 Å². The number of rotatable bonds is 5. The van der Waals surface area contributed by atoms with Crippen LogP contribution in [0.1, 0.15) is 22.9 Å². The van der Waals surface area contributed by atoms with E-state index in [1.807, 2.05) is 6.92 Å². The third-order valence-corrected chi connectivity index (χ3v) is 5.74. The molecule has 0 aliphatic carbocycles. The van der Waals surface area contributed by atoms with Crippen molar-refractivity contribution in [1.29, 1.82) is 0 Å². The van der Waals surface area contributed by atoms with Crippen molar-refractivity contribution in [3.8, 4) is 11.5 Å². The molecule has 1 aromatic heterocycles. The lowest BCUT2D eigenvalue weighted by Crippen LogP contribution is -2.30. The second kappa shape index (κ2) is 8.96. The highest BCUT2D eigenvalue weighted by atomic mass is 35.5. The van der Waals surface area contributed by atoms with Gasteiger partial charge in [0.15, 0.2) is 0 Å². The van der Waals surface area contributed by atoms with Gasteiger partial charge in [-0.2, -0.15) is 0 Å². The minimum atomic E-state index is -0.963. The lowest BCUT2D eigenvalue weighted by Gasteiger charge is -2.26. The van der Waals surface area contributed by atoms with Crippen LogP contribution in [-0.2, 0) is 9.59 Å². The lowest BCUT2D eigenvalue weighted by atomic mass is 9.97. The number of carbonyl (C=O) groups excluding carboxylic acids is 2. The summed E-state index contributed by atoms with van der Waals surface area (Å²) in [7, 11) is 2.95. The minimum absolute atomic E-state index is 0.0958. The molecule has 3 aromatic rings. The summed E-state index contributed by atoms with van der Waals surface area (Å²) in [6, 6.07) is 14.1. The van der Waals surface area contributed by atoms with Crippen LogP contribution in [0.5, 0.6) is 11.5 Å². The molecule has 1 unspecified atom stereocenters. The number of methoxy groups -OCH3 is 2. The number of aromatic nitrogens is 1. The van der Waals surface area contributed by atoms with Gasteiger partial charge in [-0.3, -0.25) is 19.5 Å². The highest BCUT2D eigenvalue weighted by Crippen LogP contribution is 2.44. The number of anilines is 1. The summed E-state index contributed by atoms with van der Waals surface area (Å²) in [5, 5.41) is 11.7. The zero-order valence-corrected chi connectivity index (χ0v) is 19.0. The van der Waals surface area contributed by atoms with Gasteiger partial charge < -0.3 is 14.6 Å². The molecule has 0 bridgehead atoms. The predicted octanol–water partition coefficient (Wildman–Crippen LogP) is 4.69. The quantitative estimate of drug-likeness (QED) is 0.335. The second-order valence-corrected chi connectivity index (χ2v) is 7.86. The number of pyridine rings is 1. The molecule has 0 radical (unpaired) electrons. The molecule has 0 spiro atoms. The molecule has 8 heteroatoms. The summed E-state index contributed by atoms with van der Waals surface area (Å²) < 4.78 is 10.6. The Morgan fingerprint density at radius 3 is 2.52 bits per heavy atom. The molecule has 1 atom stereocenters. The molecule has 1 aliphatic heterocycles. The first-order chi connectivity index (χ1) is 15.9. The molecular formula is C25H21ClN2O5. The van der Waals surface area contributed by atoms with Crippen LogP contribution in [0.2, 0.25) is 5.02 Å². The molecule has 1 N–H and O–H groups in total. The largest absolute Gasteiger partial charge is 0.507 e. The van der Waals surface area contributed by atoms with E-state index in [9.17, 15) is 14.7 Å². The van der Waals surface area contributed by atoms with E-state index in [1.165, 1.54) is 19.1 Å². The number of halogens is 1. The number of aryl methyl sites for hydroxylation is 1. The zero-order valence-electron chi connectivity index (χ0n) is 18.2. The van der Waals surface area contributed by atoms with Crippen molar-refractivity contribution in [2.45, 2.75) is 13.0 Å². The van der Waals surface area contributed by atoms with Crippen LogP contribution < -0.4 is 14.4 Å². The van der Waals surface area contributed by atoms with Crippen LogP contribution >= 0.6 is 11.6 Å². The Morgan fingerprint density at radius 2 is 1.85 bits per heavy atom. The van der Waals surface area contributed by atoms with Crippen molar-refractivity contribution in [2.75, 3.05) is 19.1 Å². The van der Waals surface area contributed by atoms with Gasteiger partial charge in [-0.15, -0.1) is 0 Å². The average Bonchev–Trinajstić information content (AvgIpc) is 3.10. The van der Waals surface area contributed by atoms with Crippen LogP contribution in [0.25, 0.3) is 5.76 Å². The Bertz CT molecular complexity index is 1270. The molecule has 1 fully saturated rings. The fourth-order valence-electron chi connectivity index (χ4n) is 3.88. The van der Waals surface area contributed by atoms with Crippen molar-refractivity contribution in [3.05, 3.63) is 88.2 Å². The first-order valence-corrected chi connectivity index (χ1v) is 10.5. The van der Waals surface area contributed by atoms with Gasteiger partial charge in [0, 0.05) is 23.0 Å². The van der Waals surface area contributed by atoms with Crippen LogP contribution in [0.3, 0.4) is 0 Å². The lowest BCUT2D eigenvalue weighted by molar-refractivity contribution is -0.132. The maximum atomic E-state index is 13.3. The molecule has 2 heterocycles. The number of aliphatic hydroxyl groups excluding tert-OH is 1. The molecule has 1 amide bonds. The van der Waals surface area contributed by atoms with E-state index in [1.54, 1.807) is 60.8 Å². The molecule has 4 rings (SSSR count). The summed E-state index contributed by atoms with van der Waals surface area (Å²) in [6.07, 6.45) is 1.56. The average molecular weight is 465 g/mol. The Morgan fingerprint density at radius 1 is 1.06 bits per heavy atom. The Kier molecular flexibility index (Phi) is 6.07. The fourth-order valence-corrected chi connectivity index (χ4v) is 4.05. The standard InChI is InChI=1S/C25H21ClN2O5/c1-14-7-8-15(26)12-19(14)28-22(18-6-4-5-11-27-18)21(24(30)25(28)31)23(29)17-10-9-16(32-2)13-20(17)33-3/h4-13,22,29H,1-3H3/b23-21-. The number of hydrogen-bond acceptors (Lipinski definition) is 6. The monoisotopic (exact) mass is 464 g/mol. The van der Waals surface area contributed by atoms with Gasteiger partial charge >= 0.3 is 0 Å². The SMILES string of the molecule is COc1ccc(/C(O)=C2/C(=O)C(=O)N(c3cc(Cl)ccc3C)C2c2ccccn2)c(OC)c1. The van der Waals surface area contributed by atoms with Gasteiger partial charge in [-0.05, 0) is 48.9 Å². The van der Waals surface area contributed by atoms with Gasteiger partial charge in [0.1, 0.15) is 23.3 Å². The van der Waals surface area contributed by atoms with Crippen LogP contribution in [-0.4, -0.2) is 36.0 Å². The topological polar surface area (TPSA) is 89.0 Å². The third kappa shape index (κ3) is 3.91. The summed E-state index contributed by atoms with van der Waals surface area (Å²) in [5.41, 5.74) is 1.77. The van der Waals surface area contributed by atoms with Crippen LogP contribution in [0.4, 0.5) is 5.69 Å². The smallest absolute Gasteiger partial charge is 0.300 e. The predicted molar refractivity (Wildman–Crippen MR) is 125 cm³/mol. The normalized spacial score (nSPS) is 17.3. The molecule has 0 saturated carbocycles. The maximum Gasteiger partial charge on any atom is 0.300 e. The zero-order chi connectivity index (χ0) is 23.7.